The first-order valence-electron chi connectivity index (χ1n) is 6.90. The summed E-state index contributed by atoms with van der Waals surface area (Å²) in [6.07, 6.45) is 4.78. The number of benzene rings is 1. The van der Waals surface area contributed by atoms with Crippen molar-refractivity contribution in [1.82, 2.24) is 0 Å². The van der Waals surface area contributed by atoms with Crippen LogP contribution < -0.4 is 10.5 Å². The summed E-state index contributed by atoms with van der Waals surface area (Å²) in [5.41, 5.74) is 0.617. The molecular weight excluding hydrogens is 276 g/mol. The fourth-order valence-electron chi connectivity index (χ4n) is 3.33. The number of fused-ring (bicyclic) bond motifs is 1. The molecular formula is C14H18N2O3S. The Balaban J connectivity index is 1.65. The van der Waals surface area contributed by atoms with Crippen LogP contribution in [0.3, 0.4) is 0 Å². The second-order valence-electron chi connectivity index (χ2n) is 5.70. The summed E-state index contributed by atoms with van der Waals surface area (Å²) in [6.45, 7) is 0. The summed E-state index contributed by atoms with van der Waals surface area (Å²) < 4.78 is 22.3. The number of primary sulfonamides is 1. The number of hydrogen-bond acceptors (Lipinski definition) is 3. The van der Waals surface area contributed by atoms with Crippen LogP contribution >= 0.6 is 0 Å². The van der Waals surface area contributed by atoms with E-state index in [0.717, 1.165) is 12.8 Å². The lowest BCUT2D eigenvalue weighted by Gasteiger charge is -2.05. The monoisotopic (exact) mass is 294 g/mol. The normalized spacial score (nSPS) is 28.6. The van der Waals surface area contributed by atoms with Crippen molar-refractivity contribution in [1.29, 1.82) is 0 Å². The fraction of sp³-hybridized carbons (Fsp3) is 0.500. The summed E-state index contributed by atoms with van der Waals surface area (Å²) in [7, 11) is -3.68. The Morgan fingerprint density at radius 3 is 2.15 bits per heavy atom. The van der Waals surface area contributed by atoms with E-state index in [0.29, 0.717) is 17.5 Å². The molecule has 0 spiro atoms. The van der Waals surface area contributed by atoms with E-state index < -0.39 is 10.0 Å². The van der Waals surface area contributed by atoms with Crippen molar-refractivity contribution in [3.8, 4) is 0 Å². The molecule has 2 aliphatic carbocycles. The average molecular weight is 294 g/mol. The Bertz CT molecular complexity index is 612. The first-order valence-corrected chi connectivity index (χ1v) is 8.45. The van der Waals surface area contributed by atoms with Crippen molar-refractivity contribution in [3.63, 3.8) is 0 Å². The van der Waals surface area contributed by atoms with Gasteiger partial charge >= 0.3 is 0 Å². The first-order chi connectivity index (χ1) is 9.47. The molecule has 0 radical (unpaired) electrons. The standard InChI is InChI=1S/C14H18N2O3S/c15-20(18,19)10-7-5-9(6-8-10)16-14(17)13-11-3-1-2-4-12(11)13/h5-8,11-13H,1-4H2,(H,16,17)(H2,15,18,19). The average Bonchev–Trinajstić information content (AvgIpc) is 3.12. The highest BCUT2D eigenvalue weighted by Crippen LogP contribution is 2.55. The lowest BCUT2D eigenvalue weighted by molar-refractivity contribution is -0.117. The molecule has 2 atom stereocenters. The van der Waals surface area contributed by atoms with Gasteiger partial charge in [0.1, 0.15) is 0 Å². The zero-order valence-electron chi connectivity index (χ0n) is 11.1. The molecule has 1 aromatic rings. The molecule has 108 valence electrons. The molecule has 0 aliphatic heterocycles. The summed E-state index contributed by atoms with van der Waals surface area (Å²) in [4.78, 5) is 12.2. The topological polar surface area (TPSA) is 89.3 Å². The molecule has 0 saturated heterocycles. The van der Waals surface area contributed by atoms with Crippen molar-refractivity contribution in [2.45, 2.75) is 30.6 Å². The smallest absolute Gasteiger partial charge is 0.238 e. The molecule has 2 saturated carbocycles. The highest BCUT2D eigenvalue weighted by molar-refractivity contribution is 7.89. The SMILES string of the molecule is NS(=O)(=O)c1ccc(NC(=O)C2C3CCCCC32)cc1. The van der Waals surface area contributed by atoms with E-state index in [-0.39, 0.29) is 16.7 Å². The molecule has 6 heteroatoms. The number of hydrogen-bond donors (Lipinski definition) is 2. The van der Waals surface area contributed by atoms with Crippen LogP contribution in [0.2, 0.25) is 0 Å². The van der Waals surface area contributed by atoms with E-state index in [1.54, 1.807) is 12.1 Å². The Morgan fingerprint density at radius 2 is 1.65 bits per heavy atom. The molecule has 0 aromatic heterocycles. The van der Waals surface area contributed by atoms with Crippen LogP contribution in [0.4, 0.5) is 5.69 Å². The number of nitrogens with two attached hydrogens (primary N) is 1. The molecule has 2 fully saturated rings. The maximum Gasteiger partial charge on any atom is 0.238 e. The number of carbonyl (C=O) groups excluding carboxylic acids is 1. The second kappa shape index (κ2) is 4.86. The Labute approximate surface area is 118 Å². The molecule has 0 bridgehead atoms. The summed E-state index contributed by atoms with van der Waals surface area (Å²) in [5, 5.41) is 7.89. The van der Waals surface area contributed by atoms with Crippen molar-refractivity contribution < 1.29 is 13.2 Å². The minimum absolute atomic E-state index is 0.0515. The zero-order valence-corrected chi connectivity index (χ0v) is 11.9. The third kappa shape index (κ3) is 2.58. The van der Waals surface area contributed by atoms with Gasteiger partial charge in [-0.2, -0.15) is 0 Å². The number of anilines is 1. The van der Waals surface area contributed by atoms with E-state index >= 15 is 0 Å². The van der Waals surface area contributed by atoms with Crippen molar-refractivity contribution in [2.24, 2.45) is 22.9 Å². The van der Waals surface area contributed by atoms with Crippen LogP contribution in [0.1, 0.15) is 25.7 Å². The van der Waals surface area contributed by atoms with E-state index in [9.17, 15) is 13.2 Å². The van der Waals surface area contributed by atoms with Crippen molar-refractivity contribution in [2.75, 3.05) is 5.32 Å². The molecule has 1 amide bonds. The van der Waals surface area contributed by atoms with Gasteiger partial charge in [-0.15, -0.1) is 0 Å². The number of carbonyl (C=O) groups is 1. The van der Waals surface area contributed by atoms with Gasteiger partial charge in [-0.25, -0.2) is 13.6 Å². The van der Waals surface area contributed by atoms with E-state index in [1.807, 2.05) is 0 Å². The largest absolute Gasteiger partial charge is 0.326 e. The van der Waals surface area contributed by atoms with E-state index in [4.69, 9.17) is 5.14 Å². The number of sulfonamides is 1. The molecule has 0 heterocycles. The van der Waals surface area contributed by atoms with E-state index in [2.05, 4.69) is 5.32 Å². The van der Waals surface area contributed by atoms with Gasteiger partial charge in [0.2, 0.25) is 15.9 Å². The third-order valence-corrected chi connectivity index (χ3v) is 5.34. The minimum atomic E-state index is -3.68. The van der Waals surface area contributed by atoms with Gasteiger partial charge in [-0.1, -0.05) is 12.8 Å². The summed E-state index contributed by atoms with van der Waals surface area (Å²) in [6, 6.07) is 5.96. The number of nitrogens with one attached hydrogen (secondary N) is 1. The van der Waals surface area contributed by atoms with Gasteiger partial charge in [0.25, 0.3) is 0 Å². The third-order valence-electron chi connectivity index (χ3n) is 4.41. The quantitative estimate of drug-likeness (QED) is 0.889. The van der Waals surface area contributed by atoms with Gasteiger partial charge in [0.15, 0.2) is 0 Å². The van der Waals surface area contributed by atoms with E-state index in [1.165, 1.54) is 25.0 Å². The van der Waals surface area contributed by atoms with Crippen LogP contribution in [0.15, 0.2) is 29.2 Å². The number of rotatable bonds is 3. The molecule has 20 heavy (non-hydrogen) atoms. The van der Waals surface area contributed by atoms with Crippen LogP contribution in [0, 0.1) is 17.8 Å². The molecule has 3 rings (SSSR count). The van der Waals surface area contributed by atoms with Gasteiger partial charge < -0.3 is 5.32 Å². The van der Waals surface area contributed by atoms with Gasteiger partial charge in [-0.05, 0) is 48.9 Å². The molecule has 2 aliphatic rings. The first kappa shape index (κ1) is 13.6. The predicted octanol–water partition coefficient (Wildman–Crippen LogP) is 1.71. The molecule has 2 unspecified atom stereocenters. The maximum atomic E-state index is 12.2. The zero-order chi connectivity index (χ0) is 14.3. The molecule has 3 N–H and O–H groups in total. The molecule has 1 aromatic carbocycles. The van der Waals surface area contributed by atoms with Gasteiger partial charge in [0.05, 0.1) is 4.90 Å². The summed E-state index contributed by atoms with van der Waals surface area (Å²) >= 11 is 0. The second-order valence-corrected chi connectivity index (χ2v) is 7.26. The van der Waals surface area contributed by atoms with Gasteiger partial charge in [0, 0.05) is 11.6 Å². The Hall–Kier alpha value is -1.40. The van der Waals surface area contributed by atoms with Crippen LogP contribution in [-0.4, -0.2) is 14.3 Å². The number of amides is 1. The lowest BCUT2D eigenvalue weighted by atomic mass is 10.0. The Kier molecular flexibility index (Phi) is 3.30. The predicted molar refractivity (Wildman–Crippen MR) is 75.4 cm³/mol. The highest BCUT2D eigenvalue weighted by Gasteiger charge is 2.54. The summed E-state index contributed by atoms with van der Waals surface area (Å²) in [5.74, 6) is 1.33. The Morgan fingerprint density at radius 1 is 1.10 bits per heavy atom. The minimum Gasteiger partial charge on any atom is -0.326 e. The van der Waals surface area contributed by atoms with Gasteiger partial charge in [-0.3, -0.25) is 4.79 Å². The maximum absolute atomic E-state index is 12.2. The van der Waals surface area contributed by atoms with Crippen molar-refractivity contribution >= 4 is 21.6 Å². The van der Waals surface area contributed by atoms with Crippen LogP contribution in [0.25, 0.3) is 0 Å². The lowest BCUT2D eigenvalue weighted by Crippen LogP contribution is -2.16. The molecule has 5 nitrogen and oxygen atoms in total. The van der Waals surface area contributed by atoms with Crippen LogP contribution in [-0.2, 0) is 14.8 Å². The highest BCUT2D eigenvalue weighted by atomic mass is 32.2. The van der Waals surface area contributed by atoms with Crippen LogP contribution in [0.5, 0.6) is 0 Å². The van der Waals surface area contributed by atoms with Crippen molar-refractivity contribution in [3.05, 3.63) is 24.3 Å². The fourth-order valence-corrected chi connectivity index (χ4v) is 3.85.